The standard InChI is InChI=1S/C15H16N2O4S2/c18-13(19)9-17(10-3-5-21-6-4-10)15(20)12-8-16-14(23-12)11-2-1-7-22-11/h1-2,7-8,10H,3-6,9H2,(H,18,19). The van der Waals surface area contributed by atoms with Crippen LogP contribution in [0.15, 0.2) is 23.7 Å². The van der Waals surface area contributed by atoms with Crippen LogP contribution in [-0.4, -0.2) is 52.7 Å². The highest BCUT2D eigenvalue weighted by atomic mass is 32.1. The third-order valence-electron chi connectivity index (χ3n) is 3.65. The SMILES string of the molecule is O=C(O)CN(C(=O)c1cnc(-c2cccs2)s1)C1CCOCC1. The van der Waals surface area contributed by atoms with Crippen molar-refractivity contribution < 1.29 is 19.4 Å². The Morgan fingerprint density at radius 1 is 1.39 bits per heavy atom. The summed E-state index contributed by atoms with van der Waals surface area (Å²) in [5.74, 6) is -1.27. The van der Waals surface area contributed by atoms with E-state index in [4.69, 9.17) is 9.84 Å². The van der Waals surface area contributed by atoms with Crippen molar-refractivity contribution in [2.24, 2.45) is 0 Å². The lowest BCUT2D eigenvalue weighted by molar-refractivity contribution is -0.138. The summed E-state index contributed by atoms with van der Waals surface area (Å²) < 4.78 is 5.30. The van der Waals surface area contributed by atoms with Gasteiger partial charge in [-0.15, -0.1) is 22.7 Å². The van der Waals surface area contributed by atoms with Crippen LogP contribution in [0.5, 0.6) is 0 Å². The number of ether oxygens (including phenoxy) is 1. The van der Waals surface area contributed by atoms with Crippen LogP contribution in [0.25, 0.3) is 9.88 Å². The summed E-state index contributed by atoms with van der Waals surface area (Å²) >= 11 is 2.86. The maximum absolute atomic E-state index is 12.8. The Bertz CT molecular complexity index is 677. The molecule has 3 heterocycles. The number of aromatic nitrogens is 1. The average Bonchev–Trinajstić information content (AvgIpc) is 3.23. The van der Waals surface area contributed by atoms with Gasteiger partial charge in [0.05, 0.1) is 11.1 Å². The number of nitrogens with zero attached hydrogens (tertiary/aromatic N) is 2. The Labute approximate surface area is 141 Å². The molecule has 0 bridgehead atoms. The van der Waals surface area contributed by atoms with Gasteiger partial charge in [0.2, 0.25) is 0 Å². The van der Waals surface area contributed by atoms with E-state index in [1.807, 2.05) is 17.5 Å². The molecule has 2 aromatic heterocycles. The van der Waals surface area contributed by atoms with Gasteiger partial charge >= 0.3 is 5.97 Å². The zero-order chi connectivity index (χ0) is 16.2. The molecule has 6 nitrogen and oxygen atoms in total. The third kappa shape index (κ3) is 3.77. The van der Waals surface area contributed by atoms with Gasteiger partial charge in [0, 0.05) is 19.3 Å². The van der Waals surface area contributed by atoms with Gasteiger partial charge in [0.15, 0.2) is 0 Å². The minimum atomic E-state index is -1.01. The first-order chi connectivity index (χ1) is 11.1. The molecule has 1 saturated heterocycles. The van der Waals surface area contributed by atoms with E-state index < -0.39 is 5.97 Å². The number of carbonyl (C=O) groups excluding carboxylic acids is 1. The Morgan fingerprint density at radius 3 is 2.83 bits per heavy atom. The molecule has 122 valence electrons. The monoisotopic (exact) mass is 352 g/mol. The Morgan fingerprint density at radius 2 is 2.17 bits per heavy atom. The fourth-order valence-electron chi connectivity index (χ4n) is 2.54. The number of aliphatic carboxylic acids is 1. The Kier molecular flexibility index (Phi) is 5.04. The van der Waals surface area contributed by atoms with E-state index in [2.05, 4.69) is 4.98 Å². The van der Waals surface area contributed by atoms with E-state index in [0.29, 0.717) is 30.9 Å². The van der Waals surface area contributed by atoms with Crippen molar-refractivity contribution in [2.75, 3.05) is 19.8 Å². The summed E-state index contributed by atoms with van der Waals surface area (Å²) in [6.45, 7) is 0.810. The van der Waals surface area contributed by atoms with Gasteiger partial charge in [0.25, 0.3) is 5.91 Å². The minimum Gasteiger partial charge on any atom is -0.480 e. The van der Waals surface area contributed by atoms with Crippen LogP contribution in [0.2, 0.25) is 0 Å². The summed E-state index contributed by atoms with van der Waals surface area (Å²) in [6.07, 6.45) is 2.86. The fraction of sp³-hybridized carbons (Fsp3) is 0.400. The number of hydrogen-bond donors (Lipinski definition) is 1. The van der Waals surface area contributed by atoms with Crippen LogP contribution in [0.1, 0.15) is 22.5 Å². The Balaban J connectivity index is 1.81. The van der Waals surface area contributed by atoms with Gasteiger partial charge in [-0.3, -0.25) is 9.59 Å². The lowest BCUT2D eigenvalue weighted by atomic mass is 10.1. The predicted octanol–water partition coefficient (Wildman–Crippen LogP) is 2.58. The highest BCUT2D eigenvalue weighted by molar-refractivity contribution is 7.21. The maximum Gasteiger partial charge on any atom is 0.323 e. The molecule has 0 atom stereocenters. The number of amides is 1. The number of carbonyl (C=O) groups is 2. The van der Waals surface area contributed by atoms with E-state index in [1.54, 1.807) is 11.3 Å². The molecule has 1 amide bonds. The smallest absolute Gasteiger partial charge is 0.323 e. The molecule has 0 unspecified atom stereocenters. The number of thiophene rings is 1. The molecule has 3 rings (SSSR count). The first-order valence-electron chi connectivity index (χ1n) is 7.25. The summed E-state index contributed by atoms with van der Waals surface area (Å²) in [4.78, 5) is 31.1. The van der Waals surface area contributed by atoms with Crippen molar-refractivity contribution in [1.82, 2.24) is 9.88 Å². The van der Waals surface area contributed by atoms with Gasteiger partial charge in [-0.05, 0) is 24.3 Å². The summed E-state index contributed by atoms with van der Waals surface area (Å²) in [5.41, 5.74) is 0. The van der Waals surface area contributed by atoms with E-state index in [9.17, 15) is 9.59 Å². The van der Waals surface area contributed by atoms with Gasteiger partial charge in [-0.2, -0.15) is 0 Å². The van der Waals surface area contributed by atoms with Gasteiger partial charge in [-0.1, -0.05) is 6.07 Å². The van der Waals surface area contributed by atoms with Gasteiger partial charge in [-0.25, -0.2) is 4.98 Å². The van der Waals surface area contributed by atoms with Crippen molar-refractivity contribution in [1.29, 1.82) is 0 Å². The van der Waals surface area contributed by atoms with Crippen LogP contribution in [0, 0.1) is 0 Å². The molecule has 0 aromatic carbocycles. The van der Waals surface area contributed by atoms with Crippen molar-refractivity contribution in [2.45, 2.75) is 18.9 Å². The second kappa shape index (κ2) is 7.20. The van der Waals surface area contributed by atoms with Crippen molar-refractivity contribution in [3.63, 3.8) is 0 Å². The highest BCUT2D eigenvalue weighted by Crippen LogP contribution is 2.30. The molecule has 8 heteroatoms. The van der Waals surface area contributed by atoms with E-state index >= 15 is 0 Å². The van der Waals surface area contributed by atoms with Crippen molar-refractivity contribution in [3.05, 3.63) is 28.6 Å². The zero-order valence-electron chi connectivity index (χ0n) is 12.3. The molecule has 1 aliphatic rings. The van der Waals surface area contributed by atoms with Crippen LogP contribution in [0.3, 0.4) is 0 Å². The predicted molar refractivity (Wildman–Crippen MR) is 87.9 cm³/mol. The molecule has 1 N–H and O–H groups in total. The maximum atomic E-state index is 12.8. The van der Waals surface area contributed by atoms with E-state index in [0.717, 1.165) is 9.88 Å². The van der Waals surface area contributed by atoms with Crippen LogP contribution in [-0.2, 0) is 9.53 Å². The molecule has 1 aliphatic heterocycles. The lowest BCUT2D eigenvalue weighted by Crippen LogP contribution is -2.45. The van der Waals surface area contributed by atoms with Gasteiger partial charge in [0.1, 0.15) is 16.4 Å². The molecule has 0 aliphatic carbocycles. The molecular formula is C15H16N2O4S2. The van der Waals surface area contributed by atoms with Crippen molar-refractivity contribution in [3.8, 4) is 9.88 Å². The van der Waals surface area contributed by atoms with E-state index in [-0.39, 0.29) is 18.5 Å². The number of hydrogen-bond acceptors (Lipinski definition) is 6. The third-order valence-corrected chi connectivity index (χ3v) is 5.67. The molecule has 0 spiro atoms. The highest BCUT2D eigenvalue weighted by Gasteiger charge is 2.29. The minimum absolute atomic E-state index is 0.0976. The molecule has 0 radical (unpaired) electrons. The molecule has 1 fully saturated rings. The normalized spacial score (nSPS) is 15.5. The Hall–Kier alpha value is -1.77. The van der Waals surface area contributed by atoms with Gasteiger partial charge < -0.3 is 14.7 Å². The summed E-state index contributed by atoms with van der Waals surface area (Å²) in [7, 11) is 0. The zero-order valence-corrected chi connectivity index (χ0v) is 13.9. The fourth-order valence-corrected chi connectivity index (χ4v) is 4.21. The molecule has 0 saturated carbocycles. The summed E-state index contributed by atoms with van der Waals surface area (Å²) in [5, 5.41) is 11.9. The first kappa shape index (κ1) is 16.1. The van der Waals surface area contributed by atoms with Crippen LogP contribution >= 0.6 is 22.7 Å². The number of carboxylic acid groups (broad SMARTS) is 1. The number of carboxylic acids is 1. The first-order valence-corrected chi connectivity index (χ1v) is 8.95. The topological polar surface area (TPSA) is 79.7 Å². The van der Waals surface area contributed by atoms with Crippen molar-refractivity contribution >= 4 is 34.6 Å². The quantitative estimate of drug-likeness (QED) is 0.895. The number of rotatable bonds is 5. The second-order valence-corrected chi connectivity index (χ2v) is 7.16. The van der Waals surface area contributed by atoms with Crippen LogP contribution < -0.4 is 0 Å². The lowest BCUT2D eigenvalue weighted by Gasteiger charge is -2.32. The summed E-state index contributed by atoms with van der Waals surface area (Å²) in [6, 6.07) is 3.78. The van der Waals surface area contributed by atoms with Crippen LogP contribution in [0.4, 0.5) is 0 Å². The second-order valence-electron chi connectivity index (χ2n) is 5.18. The molecule has 23 heavy (non-hydrogen) atoms. The average molecular weight is 352 g/mol. The molecule has 2 aromatic rings. The molecular weight excluding hydrogens is 336 g/mol. The number of thiazole rings is 1. The van der Waals surface area contributed by atoms with E-state index in [1.165, 1.54) is 22.4 Å². The largest absolute Gasteiger partial charge is 0.480 e.